The minimum atomic E-state index is -0.553. The Morgan fingerprint density at radius 3 is 2.38 bits per heavy atom. The number of hydrogen-bond donors (Lipinski definition) is 2. The van der Waals surface area contributed by atoms with E-state index < -0.39 is 16.8 Å². The molecular formula is C41H58O7. The first kappa shape index (κ1) is 35.0. The van der Waals surface area contributed by atoms with Gasteiger partial charge in [0.15, 0.2) is 11.5 Å². The maximum absolute atomic E-state index is 13.8. The predicted octanol–water partition coefficient (Wildman–Crippen LogP) is 8.27. The first-order valence-corrected chi connectivity index (χ1v) is 18.2. The molecule has 0 heterocycles. The van der Waals surface area contributed by atoms with Crippen molar-refractivity contribution in [1.82, 2.24) is 0 Å². The first-order chi connectivity index (χ1) is 22.5. The fourth-order valence-electron chi connectivity index (χ4n) is 12.1. The molecule has 7 heteroatoms. The number of carbonyl (C=O) groups excluding carboxylic acids is 2. The molecule has 0 amide bonds. The van der Waals surface area contributed by atoms with Gasteiger partial charge in [0.05, 0.1) is 25.7 Å². The van der Waals surface area contributed by atoms with Crippen molar-refractivity contribution >= 4 is 18.0 Å². The lowest BCUT2D eigenvalue weighted by atomic mass is 9.33. The number of aliphatic hydroxyl groups is 1. The Kier molecular flexibility index (Phi) is 8.70. The number of esters is 2. The van der Waals surface area contributed by atoms with Gasteiger partial charge in [0.25, 0.3) is 0 Å². The number of hydrogen-bond acceptors (Lipinski definition) is 7. The van der Waals surface area contributed by atoms with Crippen molar-refractivity contribution in [3.63, 3.8) is 0 Å². The Morgan fingerprint density at radius 2 is 1.67 bits per heavy atom. The van der Waals surface area contributed by atoms with Crippen LogP contribution in [0.2, 0.25) is 0 Å². The maximum Gasteiger partial charge on any atom is 0.330 e. The summed E-state index contributed by atoms with van der Waals surface area (Å²) in [6.45, 7) is 14.4. The van der Waals surface area contributed by atoms with E-state index in [4.69, 9.17) is 14.2 Å². The first-order valence-electron chi connectivity index (χ1n) is 18.2. The number of phenolic OH excluding ortho intramolecular Hbond substituents is 1. The standard InChI is InChI=1S/C41H58O7/c1-36(2)19-20-40(35(45)47-8)21-22-41(25-48-34(44)14-10-26-9-12-29(42)30(23-26)46-7)27(28(40)24-36)11-13-32-38(5)17-16-33(43)37(3,4)31(38)15-18-39(32,41)6/h9-12,14,23,28,31-33,42-43H,13,15-22,24-25H2,1-8H3/b14-10+/t28-,31-,32+,33-,38-,39+,40-,41-/m0/s1. The number of methoxy groups -OCH3 is 2. The van der Waals surface area contributed by atoms with Crippen LogP contribution < -0.4 is 4.74 Å². The van der Waals surface area contributed by atoms with Crippen LogP contribution >= 0.6 is 0 Å². The molecule has 4 saturated carbocycles. The van der Waals surface area contributed by atoms with Gasteiger partial charge in [-0.1, -0.05) is 59.3 Å². The molecule has 8 atom stereocenters. The van der Waals surface area contributed by atoms with Crippen molar-refractivity contribution < 1.29 is 34.0 Å². The molecule has 1 aromatic rings. The van der Waals surface area contributed by atoms with Crippen molar-refractivity contribution in [3.8, 4) is 11.5 Å². The molecule has 0 saturated heterocycles. The minimum absolute atomic E-state index is 0.0362. The highest BCUT2D eigenvalue weighted by Crippen LogP contribution is 2.76. The van der Waals surface area contributed by atoms with Crippen molar-refractivity contribution in [3.05, 3.63) is 41.5 Å². The number of carbonyl (C=O) groups is 2. The minimum Gasteiger partial charge on any atom is -0.504 e. The number of allylic oxidation sites excluding steroid dienone is 1. The van der Waals surface area contributed by atoms with Gasteiger partial charge < -0.3 is 24.4 Å². The Balaban J connectivity index is 1.40. The molecule has 5 aliphatic carbocycles. The molecule has 48 heavy (non-hydrogen) atoms. The van der Waals surface area contributed by atoms with Crippen molar-refractivity contribution in [1.29, 1.82) is 0 Å². The van der Waals surface area contributed by atoms with Gasteiger partial charge in [0, 0.05) is 11.5 Å². The highest BCUT2D eigenvalue weighted by atomic mass is 16.5. The largest absolute Gasteiger partial charge is 0.504 e. The number of aromatic hydroxyl groups is 1. The highest BCUT2D eigenvalue weighted by Gasteiger charge is 2.71. The lowest BCUT2D eigenvalue weighted by Crippen LogP contribution is -2.66. The summed E-state index contributed by atoms with van der Waals surface area (Å²) < 4.78 is 17.1. The maximum atomic E-state index is 13.8. The Morgan fingerprint density at radius 1 is 0.938 bits per heavy atom. The topological polar surface area (TPSA) is 102 Å². The fraction of sp³-hybridized carbons (Fsp3) is 0.707. The third-order valence-corrected chi connectivity index (χ3v) is 15.0. The van der Waals surface area contributed by atoms with E-state index in [1.807, 2.05) is 0 Å². The number of ether oxygens (including phenoxy) is 3. The van der Waals surface area contributed by atoms with Gasteiger partial charge >= 0.3 is 11.9 Å². The van der Waals surface area contributed by atoms with E-state index in [2.05, 4.69) is 47.6 Å². The van der Waals surface area contributed by atoms with Gasteiger partial charge in [-0.3, -0.25) is 4.79 Å². The summed E-state index contributed by atoms with van der Waals surface area (Å²) in [5.74, 6) is 0.688. The highest BCUT2D eigenvalue weighted by molar-refractivity contribution is 5.87. The van der Waals surface area contributed by atoms with Crippen LogP contribution in [0.1, 0.15) is 111 Å². The molecule has 0 radical (unpaired) electrons. The van der Waals surface area contributed by atoms with Crippen molar-refractivity contribution in [2.24, 2.45) is 50.2 Å². The quantitative estimate of drug-likeness (QED) is 0.180. The van der Waals surface area contributed by atoms with E-state index in [0.717, 1.165) is 69.8 Å². The van der Waals surface area contributed by atoms with E-state index in [1.54, 1.807) is 24.3 Å². The van der Waals surface area contributed by atoms with Crippen LogP contribution in [0.3, 0.4) is 0 Å². The van der Waals surface area contributed by atoms with Gasteiger partial charge in [0.2, 0.25) is 0 Å². The molecule has 6 rings (SSSR count). The summed E-state index contributed by atoms with van der Waals surface area (Å²) in [7, 11) is 3.03. The van der Waals surface area contributed by atoms with Crippen molar-refractivity contribution in [2.75, 3.05) is 20.8 Å². The number of fused-ring (bicyclic) bond motifs is 7. The Hall–Kier alpha value is -2.80. The number of phenols is 1. The predicted molar refractivity (Wildman–Crippen MR) is 186 cm³/mol. The van der Waals surface area contributed by atoms with E-state index >= 15 is 0 Å². The SMILES string of the molecule is COC(=O)[C@]12CCC(C)(C)C[C@H]1C1=CC[C@@H]3[C@@]4(C)CC[C@H](O)C(C)(C)[C@@H]4CC[C@@]3(C)[C@]1(COC(=O)/C=C/c1ccc(O)c(OC)c1)CC2. The molecule has 0 spiro atoms. The van der Waals surface area contributed by atoms with Crippen LogP contribution in [-0.2, 0) is 19.1 Å². The molecule has 0 unspecified atom stereocenters. The monoisotopic (exact) mass is 662 g/mol. The summed E-state index contributed by atoms with van der Waals surface area (Å²) in [4.78, 5) is 27.3. The van der Waals surface area contributed by atoms with Gasteiger partial charge in [-0.05, 0) is 127 Å². The zero-order chi connectivity index (χ0) is 34.9. The Bertz CT molecular complexity index is 1510. The number of benzene rings is 1. The molecule has 2 N–H and O–H groups in total. The van der Waals surface area contributed by atoms with Crippen LogP contribution in [-0.4, -0.2) is 49.1 Å². The summed E-state index contributed by atoms with van der Waals surface area (Å²) in [5.41, 5.74) is 0.884. The van der Waals surface area contributed by atoms with E-state index in [-0.39, 0.29) is 52.0 Å². The van der Waals surface area contributed by atoms with Gasteiger partial charge in [0.1, 0.15) is 6.61 Å². The second-order valence-corrected chi connectivity index (χ2v) is 17.9. The lowest BCUT2D eigenvalue weighted by Gasteiger charge is -2.71. The number of rotatable bonds is 6. The summed E-state index contributed by atoms with van der Waals surface area (Å²) in [6.07, 6.45) is 14.3. The third kappa shape index (κ3) is 5.15. The van der Waals surface area contributed by atoms with Crippen LogP contribution in [0, 0.1) is 50.2 Å². The van der Waals surface area contributed by atoms with Gasteiger partial charge in [-0.25, -0.2) is 4.79 Å². The molecule has 0 bridgehead atoms. The zero-order valence-corrected chi connectivity index (χ0v) is 30.5. The number of aliphatic hydroxyl groups excluding tert-OH is 1. The van der Waals surface area contributed by atoms with Gasteiger partial charge in [-0.2, -0.15) is 0 Å². The summed E-state index contributed by atoms with van der Waals surface area (Å²) in [6, 6.07) is 4.96. The summed E-state index contributed by atoms with van der Waals surface area (Å²) >= 11 is 0. The van der Waals surface area contributed by atoms with E-state index in [0.29, 0.717) is 17.6 Å². The molecule has 4 fully saturated rings. The van der Waals surface area contributed by atoms with Crippen molar-refractivity contribution in [2.45, 2.75) is 112 Å². The smallest absolute Gasteiger partial charge is 0.330 e. The van der Waals surface area contributed by atoms with E-state index in [9.17, 15) is 19.8 Å². The van der Waals surface area contributed by atoms with Crippen LogP contribution in [0.15, 0.2) is 35.9 Å². The van der Waals surface area contributed by atoms with Gasteiger partial charge in [-0.15, -0.1) is 0 Å². The summed E-state index contributed by atoms with van der Waals surface area (Å²) in [5, 5.41) is 21.1. The molecule has 1 aromatic carbocycles. The van der Waals surface area contributed by atoms with Crippen LogP contribution in [0.4, 0.5) is 0 Å². The second-order valence-electron chi connectivity index (χ2n) is 17.9. The molecule has 264 valence electrons. The molecule has 0 aliphatic heterocycles. The molecule has 0 aromatic heterocycles. The third-order valence-electron chi connectivity index (χ3n) is 15.0. The zero-order valence-electron chi connectivity index (χ0n) is 30.5. The Labute approximate surface area is 287 Å². The van der Waals surface area contributed by atoms with Crippen LogP contribution in [0.5, 0.6) is 11.5 Å². The molecular weight excluding hydrogens is 604 g/mol. The second kappa shape index (κ2) is 11.9. The average molecular weight is 663 g/mol. The van der Waals surface area contributed by atoms with E-state index in [1.165, 1.54) is 25.9 Å². The molecule has 5 aliphatic rings. The normalized spacial score (nSPS) is 39.6. The fourth-order valence-corrected chi connectivity index (χ4v) is 12.1. The van der Waals surface area contributed by atoms with Crippen LogP contribution in [0.25, 0.3) is 6.08 Å². The average Bonchev–Trinajstić information content (AvgIpc) is 3.04. The lowest BCUT2D eigenvalue weighted by molar-refractivity contribution is -0.217. The molecule has 7 nitrogen and oxygen atoms in total.